The number of anilines is 2. The summed E-state index contributed by atoms with van der Waals surface area (Å²) in [5.41, 5.74) is 2.42. The molecule has 0 aliphatic heterocycles. The normalized spacial score (nSPS) is 9.91. The van der Waals surface area contributed by atoms with Crippen LogP contribution in [-0.2, 0) is 16.1 Å². The average molecular weight is 298 g/mol. The van der Waals surface area contributed by atoms with Crippen LogP contribution in [0.4, 0.5) is 11.4 Å². The minimum Gasteiger partial charge on any atom is -0.378 e. The third-order valence-corrected chi connectivity index (χ3v) is 3.02. The van der Waals surface area contributed by atoms with Gasteiger partial charge in [0.2, 0.25) is 0 Å². The van der Waals surface area contributed by atoms with Gasteiger partial charge in [-0.05, 0) is 35.9 Å². The van der Waals surface area contributed by atoms with Gasteiger partial charge in [-0.15, -0.1) is 0 Å². The van der Waals surface area contributed by atoms with E-state index in [4.69, 9.17) is 0 Å². The van der Waals surface area contributed by atoms with Crippen molar-refractivity contribution in [2.75, 3.05) is 24.3 Å². The molecule has 0 radical (unpaired) electrons. The summed E-state index contributed by atoms with van der Waals surface area (Å²) in [7, 11) is 3.86. The van der Waals surface area contributed by atoms with Crippen LogP contribution in [0.5, 0.6) is 0 Å². The maximum atomic E-state index is 11.8. The number of amides is 2. The molecule has 1 heterocycles. The second-order valence-corrected chi connectivity index (χ2v) is 4.94. The molecule has 0 saturated heterocycles. The van der Waals surface area contributed by atoms with Crippen LogP contribution in [0.1, 0.15) is 5.56 Å². The molecule has 6 nitrogen and oxygen atoms in total. The predicted octanol–water partition coefficient (Wildman–Crippen LogP) is 1.40. The Kier molecular flexibility index (Phi) is 5.08. The summed E-state index contributed by atoms with van der Waals surface area (Å²) >= 11 is 0. The number of pyridine rings is 1. The number of rotatable bonds is 4. The highest BCUT2D eigenvalue weighted by molar-refractivity contribution is 6.39. The maximum absolute atomic E-state index is 11.8. The Morgan fingerprint density at radius 1 is 1.09 bits per heavy atom. The molecule has 0 saturated carbocycles. The average Bonchev–Trinajstić information content (AvgIpc) is 2.54. The Morgan fingerprint density at radius 3 is 2.41 bits per heavy atom. The number of nitrogens with one attached hydrogen (secondary N) is 2. The summed E-state index contributed by atoms with van der Waals surface area (Å²) in [6.07, 6.45) is 3.29. The van der Waals surface area contributed by atoms with Crippen molar-refractivity contribution in [2.45, 2.75) is 6.54 Å². The van der Waals surface area contributed by atoms with E-state index in [0.29, 0.717) is 5.69 Å². The summed E-state index contributed by atoms with van der Waals surface area (Å²) in [6, 6.07) is 10.8. The summed E-state index contributed by atoms with van der Waals surface area (Å²) in [4.78, 5) is 29.4. The van der Waals surface area contributed by atoms with Crippen molar-refractivity contribution in [3.63, 3.8) is 0 Å². The van der Waals surface area contributed by atoms with Crippen molar-refractivity contribution in [3.05, 3.63) is 54.4 Å². The molecular formula is C16H18N4O2. The van der Waals surface area contributed by atoms with Crippen LogP contribution in [0.25, 0.3) is 0 Å². The third kappa shape index (κ3) is 4.31. The van der Waals surface area contributed by atoms with Crippen molar-refractivity contribution in [1.82, 2.24) is 10.3 Å². The first kappa shape index (κ1) is 15.5. The third-order valence-electron chi connectivity index (χ3n) is 3.02. The molecule has 2 amide bonds. The Labute approximate surface area is 129 Å². The lowest BCUT2D eigenvalue weighted by atomic mass is 10.2. The van der Waals surface area contributed by atoms with E-state index in [9.17, 15) is 9.59 Å². The van der Waals surface area contributed by atoms with E-state index in [0.717, 1.165) is 11.3 Å². The number of carbonyl (C=O) groups is 2. The van der Waals surface area contributed by atoms with Crippen LogP contribution in [0.2, 0.25) is 0 Å². The van der Waals surface area contributed by atoms with E-state index >= 15 is 0 Å². The van der Waals surface area contributed by atoms with Crippen molar-refractivity contribution in [1.29, 1.82) is 0 Å². The topological polar surface area (TPSA) is 74.3 Å². The van der Waals surface area contributed by atoms with Crippen LogP contribution >= 0.6 is 0 Å². The lowest BCUT2D eigenvalue weighted by molar-refractivity contribution is -0.136. The van der Waals surface area contributed by atoms with Crippen LogP contribution in [0.3, 0.4) is 0 Å². The summed E-state index contributed by atoms with van der Waals surface area (Å²) in [5.74, 6) is -1.37. The highest BCUT2D eigenvalue weighted by Crippen LogP contribution is 2.15. The second kappa shape index (κ2) is 7.21. The van der Waals surface area contributed by atoms with Crippen LogP contribution in [0.15, 0.2) is 48.8 Å². The van der Waals surface area contributed by atoms with Gasteiger partial charge in [-0.25, -0.2) is 0 Å². The molecule has 22 heavy (non-hydrogen) atoms. The molecule has 0 aliphatic carbocycles. The van der Waals surface area contributed by atoms with Gasteiger partial charge in [0.25, 0.3) is 0 Å². The monoisotopic (exact) mass is 298 g/mol. The number of benzene rings is 1. The minimum atomic E-state index is -0.693. The Balaban J connectivity index is 1.87. The molecule has 2 N–H and O–H groups in total. The van der Waals surface area contributed by atoms with Crippen molar-refractivity contribution >= 4 is 23.2 Å². The van der Waals surface area contributed by atoms with Gasteiger partial charge in [0.15, 0.2) is 0 Å². The van der Waals surface area contributed by atoms with Gasteiger partial charge in [-0.2, -0.15) is 0 Å². The van der Waals surface area contributed by atoms with Gasteiger partial charge in [-0.3, -0.25) is 14.6 Å². The molecule has 0 atom stereocenters. The number of nitrogens with zero attached hydrogens (tertiary/aromatic N) is 2. The summed E-state index contributed by atoms with van der Waals surface area (Å²) < 4.78 is 0. The molecule has 0 bridgehead atoms. The fraction of sp³-hybridized carbons (Fsp3) is 0.188. The number of hydrogen-bond donors (Lipinski definition) is 2. The zero-order chi connectivity index (χ0) is 15.9. The first-order valence-corrected chi connectivity index (χ1v) is 6.82. The summed E-state index contributed by atoms with van der Waals surface area (Å²) in [5, 5.41) is 5.11. The van der Waals surface area contributed by atoms with E-state index in [1.54, 1.807) is 30.6 Å². The van der Waals surface area contributed by atoms with Gasteiger partial charge >= 0.3 is 11.8 Å². The Morgan fingerprint density at radius 2 is 1.82 bits per heavy atom. The van der Waals surface area contributed by atoms with Gasteiger partial charge < -0.3 is 15.5 Å². The van der Waals surface area contributed by atoms with Gasteiger partial charge in [-0.1, -0.05) is 6.07 Å². The zero-order valence-electron chi connectivity index (χ0n) is 12.5. The molecule has 0 unspecified atom stereocenters. The number of aromatic nitrogens is 1. The fourth-order valence-corrected chi connectivity index (χ4v) is 1.80. The zero-order valence-corrected chi connectivity index (χ0v) is 12.5. The Hall–Kier alpha value is -2.89. The maximum Gasteiger partial charge on any atom is 0.313 e. The molecule has 2 aromatic rings. The predicted molar refractivity (Wildman–Crippen MR) is 85.5 cm³/mol. The molecule has 0 fully saturated rings. The minimum absolute atomic E-state index is 0.264. The van der Waals surface area contributed by atoms with Gasteiger partial charge in [0.05, 0.1) is 0 Å². The molecule has 1 aromatic heterocycles. The molecule has 114 valence electrons. The van der Waals surface area contributed by atoms with Crippen molar-refractivity contribution in [2.24, 2.45) is 0 Å². The van der Waals surface area contributed by atoms with Crippen molar-refractivity contribution < 1.29 is 9.59 Å². The van der Waals surface area contributed by atoms with Crippen LogP contribution in [-0.4, -0.2) is 30.9 Å². The second-order valence-electron chi connectivity index (χ2n) is 4.94. The van der Waals surface area contributed by atoms with Crippen molar-refractivity contribution in [3.8, 4) is 0 Å². The molecule has 1 aromatic carbocycles. The Bertz CT molecular complexity index is 639. The van der Waals surface area contributed by atoms with Crippen LogP contribution in [0, 0.1) is 0 Å². The van der Waals surface area contributed by atoms with Crippen LogP contribution < -0.4 is 15.5 Å². The van der Waals surface area contributed by atoms with E-state index in [2.05, 4.69) is 15.6 Å². The molecule has 2 rings (SSSR count). The molecular weight excluding hydrogens is 280 g/mol. The first-order valence-electron chi connectivity index (χ1n) is 6.82. The quantitative estimate of drug-likeness (QED) is 0.837. The largest absolute Gasteiger partial charge is 0.378 e. The standard InChI is InChI=1S/C16H18N4O2/c1-20(2)14-7-5-13(6-8-14)19-16(22)15(21)18-11-12-4-3-9-17-10-12/h3-10H,11H2,1-2H3,(H,18,21)(H,19,22). The molecule has 0 aliphatic rings. The molecule has 0 spiro atoms. The first-order chi connectivity index (χ1) is 10.6. The lowest BCUT2D eigenvalue weighted by Crippen LogP contribution is -2.34. The lowest BCUT2D eigenvalue weighted by Gasteiger charge is -2.13. The van der Waals surface area contributed by atoms with E-state index in [-0.39, 0.29) is 6.54 Å². The van der Waals surface area contributed by atoms with Gasteiger partial charge in [0.1, 0.15) is 0 Å². The SMILES string of the molecule is CN(C)c1ccc(NC(=O)C(=O)NCc2cccnc2)cc1. The van der Waals surface area contributed by atoms with E-state index in [1.807, 2.05) is 37.2 Å². The van der Waals surface area contributed by atoms with Gasteiger partial charge in [0, 0.05) is 44.4 Å². The van der Waals surface area contributed by atoms with E-state index < -0.39 is 11.8 Å². The van der Waals surface area contributed by atoms with E-state index in [1.165, 1.54) is 0 Å². The smallest absolute Gasteiger partial charge is 0.313 e. The fourth-order valence-electron chi connectivity index (χ4n) is 1.80. The highest BCUT2D eigenvalue weighted by atomic mass is 16.2. The summed E-state index contributed by atoms with van der Waals surface area (Å²) in [6.45, 7) is 0.264. The highest BCUT2D eigenvalue weighted by Gasteiger charge is 2.13. The number of carbonyl (C=O) groups excluding carboxylic acids is 2. The number of hydrogen-bond acceptors (Lipinski definition) is 4. The molecule has 6 heteroatoms.